The summed E-state index contributed by atoms with van der Waals surface area (Å²) < 4.78 is 0. The molecule has 2 rings (SSSR count). The highest BCUT2D eigenvalue weighted by Gasteiger charge is 2.40. The summed E-state index contributed by atoms with van der Waals surface area (Å²) in [6.07, 6.45) is 4.96. The number of thiophene rings is 1. The van der Waals surface area contributed by atoms with Gasteiger partial charge >= 0.3 is 17.9 Å². The monoisotopic (exact) mass is 472 g/mol. The van der Waals surface area contributed by atoms with Gasteiger partial charge in [-0.05, 0) is 44.3 Å². The topological polar surface area (TPSA) is 139 Å². The third kappa shape index (κ3) is 11.6. The number of hydrogen-bond donors (Lipinski definition) is 4. The summed E-state index contributed by atoms with van der Waals surface area (Å²) in [6.45, 7) is 4.80. The minimum absolute atomic E-state index is 0.941. The van der Waals surface area contributed by atoms with Gasteiger partial charge in [0.15, 0.2) is 5.60 Å². The fourth-order valence-corrected chi connectivity index (χ4v) is 4.39. The number of carbonyl (C=O) groups is 3. The first-order valence-electron chi connectivity index (χ1n) is 10.8. The zero-order chi connectivity index (χ0) is 24.1. The Morgan fingerprint density at radius 2 is 1.62 bits per heavy atom. The van der Waals surface area contributed by atoms with Gasteiger partial charge in [-0.3, -0.25) is 14.5 Å². The van der Waals surface area contributed by atoms with E-state index < -0.39 is 36.4 Å². The molecule has 0 aliphatic heterocycles. The second-order valence-electron chi connectivity index (χ2n) is 8.60. The predicted molar refractivity (Wildman–Crippen MR) is 122 cm³/mol. The van der Waals surface area contributed by atoms with Gasteiger partial charge in [0.1, 0.15) is 0 Å². The largest absolute Gasteiger partial charge is 0.481 e. The van der Waals surface area contributed by atoms with Crippen molar-refractivity contribution in [1.29, 1.82) is 0 Å². The van der Waals surface area contributed by atoms with Gasteiger partial charge in [-0.2, -0.15) is 0 Å². The highest BCUT2D eigenvalue weighted by molar-refractivity contribution is 7.09. The molecular formula is C22H36N2O7S. The van der Waals surface area contributed by atoms with E-state index >= 15 is 0 Å². The Bertz CT molecular complexity index is 687. The molecule has 1 fully saturated rings. The van der Waals surface area contributed by atoms with E-state index in [1.165, 1.54) is 50.1 Å². The molecule has 1 aromatic heterocycles. The number of aliphatic carboxylic acids is 3. The lowest BCUT2D eigenvalue weighted by Gasteiger charge is -2.30. The number of hydrogen-bond acceptors (Lipinski definition) is 7. The van der Waals surface area contributed by atoms with E-state index in [9.17, 15) is 14.4 Å². The number of nitrogens with zero attached hydrogens (tertiary/aromatic N) is 2. The van der Waals surface area contributed by atoms with Crippen LogP contribution in [0.25, 0.3) is 0 Å². The van der Waals surface area contributed by atoms with Crippen molar-refractivity contribution in [3.8, 4) is 0 Å². The van der Waals surface area contributed by atoms with Crippen molar-refractivity contribution < 1.29 is 34.8 Å². The van der Waals surface area contributed by atoms with Crippen molar-refractivity contribution in [2.75, 3.05) is 33.7 Å². The van der Waals surface area contributed by atoms with Gasteiger partial charge in [0.25, 0.3) is 0 Å². The molecule has 4 N–H and O–H groups in total. The van der Waals surface area contributed by atoms with Crippen molar-refractivity contribution in [1.82, 2.24) is 9.80 Å². The van der Waals surface area contributed by atoms with Crippen LogP contribution in [-0.2, 0) is 20.9 Å². The van der Waals surface area contributed by atoms with Crippen LogP contribution in [0.2, 0.25) is 0 Å². The van der Waals surface area contributed by atoms with Crippen molar-refractivity contribution in [3.05, 3.63) is 22.4 Å². The van der Waals surface area contributed by atoms with Gasteiger partial charge in [-0.15, -0.1) is 11.3 Å². The quantitative estimate of drug-likeness (QED) is 0.361. The smallest absolute Gasteiger partial charge is 0.336 e. The van der Waals surface area contributed by atoms with Crippen LogP contribution in [0, 0.1) is 5.92 Å². The van der Waals surface area contributed by atoms with Gasteiger partial charge in [0.05, 0.1) is 12.8 Å². The summed E-state index contributed by atoms with van der Waals surface area (Å²) in [5, 5.41) is 36.0. The number of likely N-dealkylation sites (N-methyl/N-ethyl adjacent to an activating group) is 1. The van der Waals surface area contributed by atoms with E-state index in [0.717, 1.165) is 19.0 Å². The molecule has 0 saturated heterocycles. The molecule has 1 saturated carbocycles. The van der Waals surface area contributed by atoms with Crippen LogP contribution in [0.1, 0.15) is 49.8 Å². The first-order chi connectivity index (χ1) is 15.0. The summed E-state index contributed by atoms with van der Waals surface area (Å²) >= 11 is 1.89. The fraction of sp³-hybridized carbons (Fsp3) is 0.682. The van der Waals surface area contributed by atoms with E-state index in [4.69, 9.17) is 20.4 Å². The molecule has 9 nitrogen and oxygen atoms in total. The highest BCUT2D eigenvalue weighted by atomic mass is 32.1. The number of carboxylic acid groups (broad SMARTS) is 3. The van der Waals surface area contributed by atoms with Crippen molar-refractivity contribution in [2.24, 2.45) is 5.92 Å². The maximum Gasteiger partial charge on any atom is 0.336 e. The lowest BCUT2D eigenvalue weighted by atomic mass is 9.89. The maximum absolute atomic E-state index is 10.3. The molecule has 0 atom stereocenters. The molecule has 182 valence electrons. The molecule has 0 amide bonds. The van der Waals surface area contributed by atoms with Gasteiger partial charge in [0.2, 0.25) is 0 Å². The van der Waals surface area contributed by atoms with E-state index in [0.29, 0.717) is 0 Å². The summed E-state index contributed by atoms with van der Waals surface area (Å²) in [7, 11) is 4.34. The van der Waals surface area contributed by atoms with Crippen molar-refractivity contribution >= 4 is 29.2 Å². The normalized spacial score (nSPS) is 14.8. The Morgan fingerprint density at radius 1 is 1.03 bits per heavy atom. The minimum atomic E-state index is -2.74. The molecule has 0 aromatic carbocycles. The highest BCUT2D eigenvalue weighted by Crippen LogP contribution is 2.25. The third-order valence-electron chi connectivity index (χ3n) is 5.35. The molecule has 0 bridgehead atoms. The zero-order valence-electron chi connectivity index (χ0n) is 18.9. The Labute approximate surface area is 193 Å². The van der Waals surface area contributed by atoms with Gasteiger partial charge in [-0.1, -0.05) is 25.3 Å². The molecule has 10 heteroatoms. The molecule has 1 aromatic rings. The average molecular weight is 473 g/mol. The van der Waals surface area contributed by atoms with Crippen LogP contribution in [0.5, 0.6) is 0 Å². The van der Waals surface area contributed by atoms with Gasteiger partial charge in [-0.25, -0.2) is 4.79 Å². The molecule has 1 aliphatic carbocycles. The number of aliphatic hydroxyl groups is 1. The summed E-state index contributed by atoms with van der Waals surface area (Å²) in [4.78, 5) is 37.0. The maximum atomic E-state index is 10.3. The number of carboxylic acids is 3. The lowest BCUT2D eigenvalue weighted by molar-refractivity contribution is -0.170. The Kier molecular flexibility index (Phi) is 12.4. The summed E-state index contributed by atoms with van der Waals surface area (Å²) in [5.74, 6) is -4.08. The van der Waals surface area contributed by atoms with Gasteiger partial charge < -0.3 is 25.3 Å². The molecule has 1 aliphatic rings. The Balaban J connectivity index is 0.000000347. The Morgan fingerprint density at radius 3 is 2.06 bits per heavy atom. The third-order valence-corrected chi connectivity index (χ3v) is 6.21. The molecule has 0 radical (unpaired) electrons. The molecule has 1 heterocycles. The van der Waals surface area contributed by atoms with Crippen LogP contribution in [0.15, 0.2) is 17.5 Å². The predicted octanol–water partition coefficient (Wildman–Crippen LogP) is 2.44. The molecule has 0 spiro atoms. The van der Waals surface area contributed by atoms with E-state index in [1.807, 2.05) is 11.3 Å². The zero-order valence-corrected chi connectivity index (χ0v) is 19.7. The minimum Gasteiger partial charge on any atom is -0.481 e. The fourth-order valence-electron chi connectivity index (χ4n) is 3.65. The van der Waals surface area contributed by atoms with Crippen LogP contribution in [-0.4, -0.2) is 87.5 Å². The van der Waals surface area contributed by atoms with E-state index in [2.05, 4.69) is 41.4 Å². The summed E-state index contributed by atoms with van der Waals surface area (Å²) in [5.41, 5.74) is -2.74. The number of rotatable bonds is 12. The van der Waals surface area contributed by atoms with Crippen LogP contribution in [0.3, 0.4) is 0 Å². The molecule has 0 unspecified atom stereocenters. The molecular weight excluding hydrogens is 436 g/mol. The van der Waals surface area contributed by atoms with E-state index in [-0.39, 0.29) is 0 Å². The van der Waals surface area contributed by atoms with Crippen LogP contribution >= 0.6 is 11.3 Å². The first kappa shape index (κ1) is 28.0. The second-order valence-corrected chi connectivity index (χ2v) is 9.63. The average Bonchev–Trinajstić information content (AvgIpc) is 3.19. The van der Waals surface area contributed by atoms with Crippen molar-refractivity contribution in [3.63, 3.8) is 0 Å². The van der Waals surface area contributed by atoms with Crippen LogP contribution < -0.4 is 0 Å². The summed E-state index contributed by atoms with van der Waals surface area (Å²) in [6, 6.07) is 4.44. The van der Waals surface area contributed by atoms with Gasteiger partial charge in [0, 0.05) is 31.1 Å². The van der Waals surface area contributed by atoms with Crippen molar-refractivity contribution in [2.45, 2.75) is 57.1 Å². The van der Waals surface area contributed by atoms with Crippen LogP contribution in [0.4, 0.5) is 0 Å². The molecule has 32 heavy (non-hydrogen) atoms. The Hall–Kier alpha value is -2.01. The second kappa shape index (κ2) is 14.2. The first-order valence-corrected chi connectivity index (χ1v) is 11.7. The lowest BCUT2D eigenvalue weighted by Crippen LogP contribution is -2.42. The van der Waals surface area contributed by atoms with E-state index in [1.54, 1.807) is 0 Å². The SMILES string of the molecule is CN(C)CCN(Cc1cccs1)CC1CCCCC1.O=C(O)CC(O)(CC(=O)O)C(=O)O. The standard InChI is InChI=1S/C16H28N2S.C6H8O7/c1-17(2)10-11-18(14-16-9-6-12-19-16)13-15-7-4-3-5-8-15;7-3(8)1-6(13,5(11)12)2-4(9)10/h6,9,12,15H,3-5,7-8,10-11,13-14H2,1-2H3;13H,1-2H2,(H,7,8)(H,9,10)(H,11,12).